The highest BCUT2D eigenvalue weighted by atomic mass is 16.3. The molecule has 1 aromatic rings. The summed E-state index contributed by atoms with van der Waals surface area (Å²) in [4.78, 5) is 2.63. The molecule has 122 valence electrons. The molecule has 1 heterocycles. The van der Waals surface area contributed by atoms with Gasteiger partial charge in [-0.2, -0.15) is 0 Å². The molecule has 1 saturated heterocycles. The zero-order valence-corrected chi connectivity index (χ0v) is 13.6. The molecule has 4 N–H and O–H groups in total. The Morgan fingerprint density at radius 2 is 1.77 bits per heavy atom. The van der Waals surface area contributed by atoms with Crippen molar-refractivity contribution in [2.24, 2.45) is 0 Å². The Morgan fingerprint density at radius 1 is 1.09 bits per heavy atom. The molecule has 3 rings (SSSR count). The molecule has 0 unspecified atom stereocenters. The summed E-state index contributed by atoms with van der Waals surface area (Å²) in [5.74, 6) is 0. The van der Waals surface area contributed by atoms with Crippen molar-refractivity contribution in [2.75, 3.05) is 24.1 Å². The fraction of sp³-hybridized carbons (Fsp3) is 0.667. The number of nitrogen functional groups attached to an aromatic ring is 1. The minimum atomic E-state index is -0.0558. The summed E-state index contributed by atoms with van der Waals surface area (Å²) in [6, 6.07) is 7.40. The van der Waals surface area contributed by atoms with Gasteiger partial charge in [-0.15, -0.1) is 0 Å². The molecule has 0 radical (unpaired) electrons. The first-order valence-electron chi connectivity index (χ1n) is 8.66. The van der Waals surface area contributed by atoms with Gasteiger partial charge in [-0.25, -0.2) is 0 Å². The molecule has 2 fully saturated rings. The Bertz CT molecular complexity index is 489. The predicted molar refractivity (Wildman–Crippen MR) is 92.1 cm³/mol. The standard InChI is InChI=1S/C18H29N3O/c1-13-2-7-17(19)18(12-13)20-14-8-10-21(11-9-14)15-3-5-16(22)6-4-15/h2,7,12,14-16,20,22H,3-6,8-11,19H2,1H3/t15-,16+. The minimum absolute atomic E-state index is 0.0558. The minimum Gasteiger partial charge on any atom is -0.397 e. The third kappa shape index (κ3) is 3.73. The fourth-order valence-corrected chi connectivity index (χ4v) is 3.85. The van der Waals surface area contributed by atoms with Crippen LogP contribution in [0.1, 0.15) is 44.1 Å². The van der Waals surface area contributed by atoms with E-state index < -0.39 is 0 Å². The lowest BCUT2D eigenvalue weighted by molar-refractivity contribution is 0.0633. The van der Waals surface area contributed by atoms with Gasteiger partial charge >= 0.3 is 0 Å². The molecule has 1 saturated carbocycles. The van der Waals surface area contributed by atoms with Crippen molar-refractivity contribution in [3.05, 3.63) is 23.8 Å². The lowest BCUT2D eigenvalue weighted by atomic mass is 9.90. The summed E-state index contributed by atoms with van der Waals surface area (Å²) in [5, 5.41) is 13.3. The van der Waals surface area contributed by atoms with Gasteiger partial charge in [0.15, 0.2) is 0 Å². The van der Waals surface area contributed by atoms with Gasteiger partial charge in [-0.1, -0.05) is 6.07 Å². The molecule has 1 aromatic carbocycles. The van der Waals surface area contributed by atoms with Gasteiger partial charge in [0.2, 0.25) is 0 Å². The van der Waals surface area contributed by atoms with Crippen LogP contribution in [0.4, 0.5) is 11.4 Å². The number of aryl methyl sites for hydroxylation is 1. The second kappa shape index (κ2) is 6.88. The van der Waals surface area contributed by atoms with E-state index in [1.165, 1.54) is 18.4 Å². The van der Waals surface area contributed by atoms with Crippen LogP contribution in [0.15, 0.2) is 18.2 Å². The largest absolute Gasteiger partial charge is 0.397 e. The van der Waals surface area contributed by atoms with E-state index in [9.17, 15) is 5.11 Å². The van der Waals surface area contributed by atoms with Gasteiger partial charge in [0.25, 0.3) is 0 Å². The highest BCUT2D eigenvalue weighted by Crippen LogP contribution is 2.28. The Morgan fingerprint density at radius 3 is 2.45 bits per heavy atom. The summed E-state index contributed by atoms with van der Waals surface area (Å²) < 4.78 is 0. The van der Waals surface area contributed by atoms with Crippen LogP contribution in [0.5, 0.6) is 0 Å². The van der Waals surface area contributed by atoms with Crippen LogP contribution in [-0.4, -0.2) is 41.3 Å². The van der Waals surface area contributed by atoms with Crippen molar-refractivity contribution in [3.8, 4) is 0 Å². The zero-order chi connectivity index (χ0) is 15.5. The van der Waals surface area contributed by atoms with Crippen LogP contribution >= 0.6 is 0 Å². The first-order valence-corrected chi connectivity index (χ1v) is 8.66. The molecule has 22 heavy (non-hydrogen) atoms. The molecule has 1 aliphatic carbocycles. The quantitative estimate of drug-likeness (QED) is 0.751. The summed E-state index contributed by atoms with van der Waals surface area (Å²) in [5.41, 5.74) is 9.24. The molecular formula is C18H29N3O. The second-order valence-corrected chi connectivity index (χ2v) is 7.01. The van der Waals surface area contributed by atoms with Crippen molar-refractivity contribution in [1.29, 1.82) is 0 Å². The average molecular weight is 303 g/mol. The highest BCUT2D eigenvalue weighted by molar-refractivity contribution is 5.67. The molecular weight excluding hydrogens is 274 g/mol. The molecule has 0 spiro atoms. The van der Waals surface area contributed by atoms with E-state index in [1.807, 2.05) is 6.07 Å². The van der Waals surface area contributed by atoms with E-state index in [-0.39, 0.29) is 6.10 Å². The number of aliphatic hydroxyl groups excluding tert-OH is 1. The summed E-state index contributed by atoms with van der Waals surface area (Å²) in [6.07, 6.45) is 6.55. The molecule has 0 bridgehead atoms. The van der Waals surface area contributed by atoms with Crippen molar-refractivity contribution >= 4 is 11.4 Å². The topological polar surface area (TPSA) is 61.5 Å². The lowest BCUT2D eigenvalue weighted by Crippen LogP contribution is -2.46. The number of likely N-dealkylation sites (tertiary alicyclic amines) is 1. The number of hydrogen-bond acceptors (Lipinski definition) is 4. The number of hydrogen-bond donors (Lipinski definition) is 3. The molecule has 0 amide bonds. The third-order valence-corrected chi connectivity index (χ3v) is 5.28. The Labute approximate surface area is 133 Å². The van der Waals surface area contributed by atoms with E-state index in [4.69, 9.17) is 5.73 Å². The smallest absolute Gasteiger partial charge is 0.0578 e. The fourth-order valence-electron chi connectivity index (χ4n) is 3.85. The van der Waals surface area contributed by atoms with E-state index in [2.05, 4.69) is 29.3 Å². The zero-order valence-electron chi connectivity index (χ0n) is 13.6. The highest BCUT2D eigenvalue weighted by Gasteiger charge is 2.28. The van der Waals surface area contributed by atoms with E-state index in [0.717, 1.165) is 50.1 Å². The van der Waals surface area contributed by atoms with Gasteiger partial charge < -0.3 is 21.1 Å². The summed E-state index contributed by atoms with van der Waals surface area (Å²) in [7, 11) is 0. The van der Waals surface area contributed by atoms with Gasteiger partial charge in [0.05, 0.1) is 17.5 Å². The summed E-state index contributed by atoms with van der Waals surface area (Å²) >= 11 is 0. The molecule has 0 atom stereocenters. The number of rotatable bonds is 3. The van der Waals surface area contributed by atoms with Crippen molar-refractivity contribution in [1.82, 2.24) is 4.90 Å². The third-order valence-electron chi connectivity index (χ3n) is 5.28. The number of benzene rings is 1. The molecule has 2 aliphatic rings. The maximum absolute atomic E-state index is 9.64. The number of nitrogens with one attached hydrogen (secondary N) is 1. The maximum Gasteiger partial charge on any atom is 0.0578 e. The number of piperidine rings is 1. The number of nitrogens with zero attached hydrogens (tertiary/aromatic N) is 1. The number of aliphatic hydroxyl groups is 1. The van der Waals surface area contributed by atoms with Crippen molar-refractivity contribution in [3.63, 3.8) is 0 Å². The first-order chi connectivity index (χ1) is 10.6. The Kier molecular flexibility index (Phi) is 4.89. The van der Waals surface area contributed by atoms with Crippen LogP contribution < -0.4 is 11.1 Å². The SMILES string of the molecule is Cc1ccc(N)c(NC2CCN([C@H]3CC[C@@H](O)CC3)CC2)c1. The van der Waals surface area contributed by atoms with E-state index >= 15 is 0 Å². The summed E-state index contributed by atoms with van der Waals surface area (Å²) in [6.45, 7) is 4.42. The number of nitrogens with two attached hydrogens (primary N) is 1. The van der Waals surface area contributed by atoms with Gasteiger partial charge in [0.1, 0.15) is 0 Å². The van der Waals surface area contributed by atoms with E-state index in [1.54, 1.807) is 0 Å². The maximum atomic E-state index is 9.64. The van der Waals surface area contributed by atoms with Gasteiger partial charge in [0, 0.05) is 25.2 Å². The normalized spacial score (nSPS) is 27.7. The van der Waals surface area contributed by atoms with Crippen LogP contribution in [0, 0.1) is 6.92 Å². The van der Waals surface area contributed by atoms with Crippen molar-refractivity contribution in [2.45, 2.75) is 63.6 Å². The number of anilines is 2. The molecule has 0 aromatic heterocycles. The Hall–Kier alpha value is -1.26. The first kappa shape index (κ1) is 15.6. The average Bonchev–Trinajstić information content (AvgIpc) is 2.53. The van der Waals surface area contributed by atoms with Crippen molar-refractivity contribution < 1.29 is 5.11 Å². The van der Waals surface area contributed by atoms with Gasteiger partial charge in [-0.05, 0) is 63.1 Å². The van der Waals surface area contributed by atoms with Crippen LogP contribution in [-0.2, 0) is 0 Å². The van der Waals surface area contributed by atoms with Crippen LogP contribution in [0.25, 0.3) is 0 Å². The Balaban J connectivity index is 1.50. The predicted octanol–water partition coefficient (Wildman–Crippen LogP) is 2.76. The van der Waals surface area contributed by atoms with Gasteiger partial charge in [-0.3, -0.25) is 0 Å². The molecule has 4 nitrogen and oxygen atoms in total. The lowest BCUT2D eigenvalue weighted by Gasteiger charge is -2.40. The van der Waals surface area contributed by atoms with E-state index in [0.29, 0.717) is 12.1 Å². The van der Waals surface area contributed by atoms with Crippen LogP contribution in [0.2, 0.25) is 0 Å². The second-order valence-electron chi connectivity index (χ2n) is 7.01. The monoisotopic (exact) mass is 303 g/mol. The van der Waals surface area contributed by atoms with Crippen LogP contribution in [0.3, 0.4) is 0 Å². The molecule has 4 heteroatoms. The molecule has 1 aliphatic heterocycles.